The van der Waals surface area contributed by atoms with E-state index in [0.29, 0.717) is 33.8 Å². The Bertz CT molecular complexity index is 466. The highest BCUT2D eigenvalue weighted by molar-refractivity contribution is 6.37. The van der Waals surface area contributed by atoms with Crippen molar-refractivity contribution in [2.24, 2.45) is 0 Å². The minimum atomic E-state index is 0.324. The number of nitrogens with one attached hydrogen (secondary N) is 1. The third-order valence-corrected chi connectivity index (χ3v) is 4.48. The first-order valence-electron chi connectivity index (χ1n) is 6.27. The van der Waals surface area contributed by atoms with E-state index in [1.807, 2.05) is 0 Å². The smallest absolute Gasteiger partial charge is 0.147 e. The summed E-state index contributed by atoms with van der Waals surface area (Å²) in [6.07, 6.45) is 3.66. The van der Waals surface area contributed by atoms with Gasteiger partial charge in [-0.1, -0.05) is 23.2 Å². The SMILES string of the molecule is Nc1nc(NC2CCN3CCCC23)c(Cl)cc1Cl. The molecule has 2 fully saturated rings. The van der Waals surface area contributed by atoms with Gasteiger partial charge in [0.25, 0.3) is 0 Å². The molecular weight excluding hydrogens is 271 g/mol. The van der Waals surface area contributed by atoms with Crippen molar-refractivity contribution in [1.82, 2.24) is 9.88 Å². The van der Waals surface area contributed by atoms with Crippen LogP contribution in [0.1, 0.15) is 19.3 Å². The second kappa shape index (κ2) is 4.76. The standard InChI is InChI=1S/C12H16Cl2N4/c13-7-6-8(14)12(17-11(7)15)16-9-3-5-18-4-1-2-10(9)18/h6,9-10H,1-5H2,(H3,15,16,17). The average molecular weight is 287 g/mol. The summed E-state index contributed by atoms with van der Waals surface area (Å²) >= 11 is 12.0. The zero-order valence-electron chi connectivity index (χ0n) is 10.00. The lowest BCUT2D eigenvalue weighted by atomic mass is 10.1. The molecule has 0 spiro atoms. The summed E-state index contributed by atoms with van der Waals surface area (Å²) in [5, 5.41) is 4.36. The van der Waals surface area contributed by atoms with Gasteiger partial charge in [0.15, 0.2) is 0 Å². The number of nitrogens with zero attached hydrogens (tertiary/aromatic N) is 2. The Labute approximate surface area is 116 Å². The summed E-state index contributed by atoms with van der Waals surface area (Å²) < 4.78 is 0. The predicted molar refractivity (Wildman–Crippen MR) is 75.3 cm³/mol. The number of nitrogen functional groups attached to an aromatic ring is 1. The largest absolute Gasteiger partial charge is 0.382 e. The number of rotatable bonds is 2. The summed E-state index contributed by atoms with van der Waals surface area (Å²) in [5.74, 6) is 0.974. The fraction of sp³-hybridized carbons (Fsp3) is 0.583. The monoisotopic (exact) mass is 286 g/mol. The van der Waals surface area contributed by atoms with E-state index in [-0.39, 0.29) is 0 Å². The third kappa shape index (κ3) is 2.13. The van der Waals surface area contributed by atoms with Crippen molar-refractivity contribution in [3.8, 4) is 0 Å². The Hall–Kier alpha value is -0.710. The maximum absolute atomic E-state index is 6.14. The summed E-state index contributed by atoms with van der Waals surface area (Å²) in [7, 11) is 0. The molecule has 2 atom stereocenters. The molecule has 2 aliphatic rings. The number of halogens is 2. The van der Waals surface area contributed by atoms with Crippen LogP contribution in [0, 0.1) is 0 Å². The van der Waals surface area contributed by atoms with Crippen LogP contribution in [0.25, 0.3) is 0 Å². The van der Waals surface area contributed by atoms with Crippen molar-refractivity contribution in [1.29, 1.82) is 0 Å². The first kappa shape index (κ1) is 12.3. The van der Waals surface area contributed by atoms with Gasteiger partial charge in [0.2, 0.25) is 0 Å². The maximum atomic E-state index is 6.14. The highest BCUT2D eigenvalue weighted by Gasteiger charge is 2.37. The van der Waals surface area contributed by atoms with Crippen LogP contribution < -0.4 is 11.1 Å². The Balaban J connectivity index is 1.78. The lowest BCUT2D eigenvalue weighted by Crippen LogP contribution is -2.34. The van der Waals surface area contributed by atoms with Crippen LogP contribution in [0.5, 0.6) is 0 Å². The Kier molecular flexibility index (Phi) is 3.26. The van der Waals surface area contributed by atoms with E-state index in [1.165, 1.54) is 19.4 Å². The normalized spacial score (nSPS) is 27.4. The van der Waals surface area contributed by atoms with Crippen molar-refractivity contribution in [2.75, 3.05) is 24.1 Å². The molecule has 3 heterocycles. The van der Waals surface area contributed by atoms with Crippen LogP contribution in [-0.2, 0) is 0 Å². The fourth-order valence-electron chi connectivity index (χ4n) is 3.01. The minimum Gasteiger partial charge on any atom is -0.382 e. The molecule has 2 unspecified atom stereocenters. The molecule has 0 bridgehead atoms. The van der Waals surface area contributed by atoms with Crippen LogP contribution in [0.15, 0.2) is 6.07 Å². The van der Waals surface area contributed by atoms with Crippen molar-refractivity contribution < 1.29 is 0 Å². The number of hydrogen-bond acceptors (Lipinski definition) is 4. The number of aromatic nitrogens is 1. The van der Waals surface area contributed by atoms with Crippen molar-refractivity contribution in [3.05, 3.63) is 16.1 Å². The van der Waals surface area contributed by atoms with E-state index in [4.69, 9.17) is 28.9 Å². The summed E-state index contributed by atoms with van der Waals surface area (Å²) in [4.78, 5) is 6.77. The first-order valence-corrected chi connectivity index (χ1v) is 7.03. The topological polar surface area (TPSA) is 54.2 Å². The molecule has 3 rings (SSSR count). The van der Waals surface area contributed by atoms with Crippen LogP contribution in [0.4, 0.5) is 11.6 Å². The zero-order valence-corrected chi connectivity index (χ0v) is 11.5. The molecule has 2 saturated heterocycles. The van der Waals surface area contributed by atoms with Gasteiger partial charge in [-0.05, 0) is 31.9 Å². The van der Waals surface area contributed by atoms with Gasteiger partial charge in [-0.2, -0.15) is 0 Å². The molecule has 98 valence electrons. The first-order chi connectivity index (χ1) is 8.65. The van der Waals surface area contributed by atoms with Crippen molar-refractivity contribution >= 4 is 34.8 Å². The lowest BCUT2D eigenvalue weighted by Gasteiger charge is -2.22. The Morgan fingerprint density at radius 1 is 1.28 bits per heavy atom. The molecular formula is C12H16Cl2N4. The fourth-order valence-corrected chi connectivity index (χ4v) is 3.42. The van der Waals surface area contributed by atoms with Gasteiger partial charge in [0.05, 0.1) is 10.0 Å². The number of hydrogen-bond donors (Lipinski definition) is 2. The molecule has 4 nitrogen and oxygen atoms in total. The zero-order chi connectivity index (χ0) is 12.7. The van der Waals surface area contributed by atoms with E-state index >= 15 is 0 Å². The van der Waals surface area contributed by atoms with Crippen molar-refractivity contribution in [3.63, 3.8) is 0 Å². The maximum Gasteiger partial charge on any atom is 0.147 e. The molecule has 3 N–H and O–H groups in total. The Morgan fingerprint density at radius 2 is 2.11 bits per heavy atom. The molecule has 1 aromatic heterocycles. The van der Waals surface area contributed by atoms with Crippen LogP contribution in [0.2, 0.25) is 10.0 Å². The Morgan fingerprint density at radius 3 is 2.94 bits per heavy atom. The number of fused-ring (bicyclic) bond motifs is 1. The second-order valence-corrected chi connectivity index (χ2v) is 5.79. The molecule has 0 radical (unpaired) electrons. The molecule has 6 heteroatoms. The molecule has 0 amide bonds. The summed E-state index contributed by atoms with van der Waals surface area (Å²) in [5.41, 5.74) is 5.72. The quantitative estimate of drug-likeness (QED) is 0.878. The van der Waals surface area contributed by atoms with Gasteiger partial charge in [-0.25, -0.2) is 4.98 Å². The van der Waals surface area contributed by atoms with Gasteiger partial charge in [0.1, 0.15) is 11.6 Å². The van der Waals surface area contributed by atoms with Gasteiger partial charge in [-0.15, -0.1) is 0 Å². The van der Waals surface area contributed by atoms with Crippen molar-refractivity contribution in [2.45, 2.75) is 31.3 Å². The highest BCUT2D eigenvalue weighted by Crippen LogP contribution is 2.33. The van der Waals surface area contributed by atoms with Crippen LogP contribution in [0.3, 0.4) is 0 Å². The molecule has 0 aromatic carbocycles. The van der Waals surface area contributed by atoms with E-state index in [2.05, 4.69) is 15.2 Å². The highest BCUT2D eigenvalue weighted by atomic mass is 35.5. The van der Waals surface area contributed by atoms with Crippen LogP contribution in [-0.4, -0.2) is 35.1 Å². The van der Waals surface area contributed by atoms with E-state index in [0.717, 1.165) is 13.0 Å². The summed E-state index contributed by atoms with van der Waals surface area (Å²) in [6.45, 7) is 2.37. The minimum absolute atomic E-state index is 0.324. The number of pyridine rings is 1. The molecule has 0 saturated carbocycles. The van der Waals surface area contributed by atoms with E-state index in [1.54, 1.807) is 6.07 Å². The number of nitrogens with two attached hydrogens (primary N) is 1. The third-order valence-electron chi connectivity index (χ3n) is 3.88. The number of anilines is 2. The predicted octanol–water partition coefficient (Wildman–Crippen LogP) is 2.62. The second-order valence-electron chi connectivity index (χ2n) is 4.97. The molecule has 1 aromatic rings. The van der Waals surface area contributed by atoms with Gasteiger partial charge in [0, 0.05) is 18.6 Å². The molecule has 2 aliphatic heterocycles. The average Bonchev–Trinajstić information content (AvgIpc) is 2.90. The van der Waals surface area contributed by atoms with Crippen LogP contribution >= 0.6 is 23.2 Å². The molecule has 0 aliphatic carbocycles. The van der Waals surface area contributed by atoms with Gasteiger partial charge < -0.3 is 11.1 Å². The summed E-state index contributed by atoms with van der Waals surface area (Å²) in [6, 6.07) is 2.67. The lowest BCUT2D eigenvalue weighted by molar-refractivity contribution is 0.318. The van der Waals surface area contributed by atoms with Gasteiger partial charge >= 0.3 is 0 Å². The van der Waals surface area contributed by atoms with E-state index in [9.17, 15) is 0 Å². The van der Waals surface area contributed by atoms with E-state index < -0.39 is 0 Å². The molecule has 18 heavy (non-hydrogen) atoms. The van der Waals surface area contributed by atoms with Gasteiger partial charge in [-0.3, -0.25) is 4.90 Å².